The maximum Gasteiger partial charge on any atom is 0.308 e. The highest BCUT2D eigenvalue weighted by molar-refractivity contribution is 6.33. The Morgan fingerprint density at radius 2 is 2.04 bits per heavy atom. The lowest BCUT2D eigenvalue weighted by Crippen LogP contribution is -2.30. The summed E-state index contributed by atoms with van der Waals surface area (Å²) in [6, 6.07) is 7.35. The fraction of sp³-hybridized carbons (Fsp3) is 0.450. The molecule has 0 unspecified atom stereocenters. The third-order valence-electron chi connectivity index (χ3n) is 5.51. The van der Waals surface area contributed by atoms with Gasteiger partial charge in [0.25, 0.3) is 0 Å². The second kappa shape index (κ2) is 7.35. The molecule has 2 fully saturated rings. The highest BCUT2D eigenvalue weighted by atomic mass is 35.5. The lowest BCUT2D eigenvalue weighted by Gasteiger charge is -2.15. The maximum atomic E-state index is 12.5. The van der Waals surface area contributed by atoms with Gasteiger partial charge in [0.2, 0.25) is 5.91 Å². The second-order valence-electron chi connectivity index (χ2n) is 7.34. The average molecular weight is 389 g/mol. The number of hydrogen-bond acceptors (Lipinski definition) is 4. The number of rotatable bonds is 6. The van der Waals surface area contributed by atoms with Gasteiger partial charge in [0.15, 0.2) is 11.7 Å². The largest absolute Gasteiger partial charge is 0.481 e. The monoisotopic (exact) mass is 388 g/mol. The number of aromatic nitrogens is 1. The van der Waals surface area contributed by atoms with Crippen molar-refractivity contribution in [3.05, 3.63) is 41.4 Å². The van der Waals surface area contributed by atoms with Crippen LogP contribution in [0.5, 0.6) is 0 Å². The zero-order chi connectivity index (χ0) is 19.0. The zero-order valence-corrected chi connectivity index (χ0v) is 15.6. The van der Waals surface area contributed by atoms with Crippen LogP contribution < -0.4 is 0 Å². The second-order valence-corrected chi connectivity index (χ2v) is 7.75. The molecule has 6 nitrogen and oxygen atoms in total. The Labute approximate surface area is 162 Å². The van der Waals surface area contributed by atoms with Gasteiger partial charge in [-0.05, 0) is 36.8 Å². The predicted octanol–water partition coefficient (Wildman–Crippen LogP) is 3.50. The van der Waals surface area contributed by atoms with Crippen molar-refractivity contribution in [3.63, 3.8) is 0 Å². The number of halogens is 1. The number of nitrogens with zero attached hydrogens (tertiary/aromatic N) is 2. The molecule has 4 rings (SSSR count). The van der Waals surface area contributed by atoms with Crippen molar-refractivity contribution in [2.24, 2.45) is 17.8 Å². The minimum Gasteiger partial charge on any atom is -0.481 e. The summed E-state index contributed by atoms with van der Waals surface area (Å²) in [7, 11) is 0. The Bertz CT molecular complexity index is 861. The fourth-order valence-corrected chi connectivity index (χ4v) is 4.11. The Kier molecular flexibility index (Phi) is 4.91. The van der Waals surface area contributed by atoms with Crippen molar-refractivity contribution in [3.8, 4) is 11.3 Å². The molecule has 1 saturated heterocycles. The van der Waals surface area contributed by atoms with E-state index in [2.05, 4.69) is 4.98 Å². The van der Waals surface area contributed by atoms with Crippen LogP contribution in [0.15, 0.2) is 34.9 Å². The van der Waals surface area contributed by atoms with Gasteiger partial charge in [0, 0.05) is 31.5 Å². The van der Waals surface area contributed by atoms with Crippen LogP contribution in [0.25, 0.3) is 11.3 Å². The van der Waals surface area contributed by atoms with E-state index in [0.29, 0.717) is 42.1 Å². The number of carbonyl (C=O) groups excluding carboxylic acids is 1. The van der Waals surface area contributed by atoms with E-state index in [-0.39, 0.29) is 18.2 Å². The van der Waals surface area contributed by atoms with Gasteiger partial charge in [0.05, 0.1) is 17.1 Å². The smallest absolute Gasteiger partial charge is 0.308 e. The molecule has 2 atom stereocenters. The molecular formula is C20H21ClN2O4. The van der Waals surface area contributed by atoms with E-state index >= 15 is 0 Å². The molecule has 1 amide bonds. The number of benzene rings is 1. The molecule has 27 heavy (non-hydrogen) atoms. The first-order valence-corrected chi connectivity index (χ1v) is 9.61. The zero-order valence-electron chi connectivity index (χ0n) is 14.8. The van der Waals surface area contributed by atoms with Gasteiger partial charge >= 0.3 is 5.97 Å². The first-order valence-electron chi connectivity index (χ1n) is 9.23. The number of likely N-dealkylation sites (tertiary alicyclic amines) is 1. The van der Waals surface area contributed by atoms with Crippen LogP contribution >= 0.6 is 11.6 Å². The minimum atomic E-state index is -0.792. The molecular weight excluding hydrogens is 368 g/mol. The first-order chi connectivity index (χ1) is 13.0. The fourth-order valence-electron chi connectivity index (χ4n) is 3.88. The number of hydrogen-bond donors (Lipinski definition) is 1. The predicted molar refractivity (Wildman–Crippen MR) is 99.2 cm³/mol. The van der Waals surface area contributed by atoms with Crippen molar-refractivity contribution in [2.75, 3.05) is 13.1 Å². The van der Waals surface area contributed by atoms with Crippen LogP contribution in [0.4, 0.5) is 0 Å². The molecule has 2 aromatic rings. The molecule has 1 aromatic heterocycles. The SMILES string of the molecule is O=C(O)[C@H]1CN(C(=O)CCc2ncc(-c3ccccc3Cl)o2)C[C@@H]1C1CC1. The number of amides is 1. The minimum absolute atomic E-state index is 0.0399. The summed E-state index contributed by atoms with van der Waals surface area (Å²) in [5, 5.41) is 10.0. The number of aliphatic carboxylic acids is 1. The molecule has 0 radical (unpaired) electrons. The Balaban J connectivity index is 1.36. The van der Waals surface area contributed by atoms with Gasteiger partial charge in [-0.2, -0.15) is 0 Å². The van der Waals surface area contributed by atoms with Crippen molar-refractivity contribution in [2.45, 2.75) is 25.7 Å². The number of carboxylic acids is 1. The molecule has 1 N–H and O–H groups in total. The molecule has 7 heteroatoms. The van der Waals surface area contributed by atoms with Crippen LogP contribution in [0.3, 0.4) is 0 Å². The molecule has 1 aliphatic heterocycles. The van der Waals surface area contributed by atoms with E-state index in [1.54, 1.807) is 17.2 Å². The number of aryl methyl sites for hydroxylation is 1. The number of carboxylic acid groups (broad SMARTS) is 1. The normalized spacial score (nSPS) is 22.2. The van der Waals surface area contributed by atoms with Crippen molar-refractivity contribution in [1.29, 1.82) is 0 Å². The summed E-state index contributed by atoms with van der Waals surface area (Å²) < 4.78 is 5.73. The van der Waals surface area contributed by atoms with Crippen LogP contribution in [0.2, 0.25) is 5.02 Å². The lowest BCUT2D eigenvalue weighted by molar-refractivity contribution is -0.142. The summed E-state index contributed by atoms with van der Waals surface area (Å²) in [6.45, 7) is 0.864. The van der Waals surface area contributed by atoms with Gasteiger partial charge in [-0.25, -0.2) is 4.98 Å². The van der Waals surface area contributed by atoms with E-state index in [4.69, 9.17) is 16.0 Å². The van der Waals surface area contributed by atoms with E-state index < -0.39 is 11.9 Å². The molecule has 2 heterocycles. The molecule has 1 saturated carbocycles. The summed E-state index contributed by atoms with van der Waals surface area (Å²) in [4.78, 5) is 30.0. The van der Waals surface area contributed by atoms with Crippen LogP contribution in [-0.4, -0.2) is 40.0 Å². The summed E-state index contributed by atoms with van der Waals surface area (Å²) >= 11 is 6.17. The summed E-state index contributed by atoms with van der Waals surface area (Å²) in [5.74, 6) is 0.347. The van der Waals surface area contributed by atoms with E-state index in [1.807, 2.05) is 18.2 Å². The van der Waals surface area contributed by atoms with Crippen molar-refractivity contribution in [1.82, 2.24) is 9.88 Å². The summed E-state index contributed by atoms with van der Waals surface area (Å²) in [6.07, 6.45) is 4.41. The Hall–Kier alpha value is -2.34. The Morgan fingerprint density at radius 3 is 2.74 bits per heavy atom. The maximum absolute atomic E-state index is 12.5. The molecule has 142 valence electrons. The van der Waals surface area contributed by atoms with Crippen LogP contribution in [-0.2, 0) is 16.0 Å². The lowest BCUT2D eigenvalue weighted by atomic mass is 9.92. The highest BCUT2D eigenvalue weighted by Gasteiger charge is 2.46. The van der Waals surface area contributed by atoms with Crippen LogP contribution in [0, 0.1) is 17.8 Å². The van der Waals surface area contributed by atoms with Gasteiger partial charge < -0.3 is 14.4 Å². The van der Waals surface area contributed by atoms with Crippen molar-refractivity contribution >= 4 is 23.5 Å². The quantitative estimate of drug-likeness (QED) is 0.818. The standard InChI is InChI=1S/C20H21ClN2O4/c21-16-4-2-1-3-13(16)17-9-22-18(27-17)7-8-19(24)23-10-14(12-5-6-12)15(11-23)20(25)26/h1-4,9,12,14-15H,5-8,10-11H2,(H,25,26)/t14-,15+/m1/s1. The molecule has 0 spiro atoms. The topological polar surface area (TPSA) is 83.6 Å². The first kappa shape index (κ1) is 18.0. The van der Waals surface area contributed by atoms with Gasteiger partial charge in [-0.1, -0.05) is 23.7 Å². The Morgan fingerprint density at radius 1 is 1.26 bits per heavy atom. The van der Waals surface area contributed by atoms with E-state index in [0.717, 1.165) is 18.4 Å². The number of oxazole rings is 1. The van der Waals surface area contributed by atoms with Gasteiger partial charge in [-0.3, -0.25) is 9.59 Å². The average Bonchev–Trinajstić information content (AvgIpc) is 3.22. The summed E-state index contributed by atoms with van der Waals surface area (Å²) in [5.41, 5.74) is 0.764. The van der Waals surface area contributed by atoms with Crippen molar-refractivity contribution < 1.29 is 19.1 Å². The molecule has 2 aliphatic rings. The van der Waals surface area contributed by atoms with E-state index in [9.17, 15) is 14.7 Å². The van der Waals surface area contributed by atoms with Gasteiger partial charge in [0.1, 0.15) is 0 Å². The third-order valence-corrected chi connectivity index (χ3v) is 5.84. The van der Waals surface area contributed by atoms with Gasteiger partial charge in [-0.15, -0.1) is 0 Å². The molecule has 0 bridgehead atoms. The molecule has 1 aliphatic carbocycles. The van der Waals surface area contributed by atoms with E-state index in [1.165, 1.54) is 0 Å². The molecule has 1 aromatic carbocycles. The third kappa shape index (κ3) is 3.86. The number of carbonyl (C=O) groups is 2. The van der Waals surface area contributed by atoms with Crippen LogP contribution in [0.1, 0.15) is 25.2 Å². The highest BCUT2D eigenvalue weighted by Crippen LogP contribution is 2.44.